The van der Waals surface area contributed by atoms with E-state index < -0.39 is 10.0 Å². The minimum absolute atomic E-state index is 0.0629. The van der Waals surface area contributed by atoms with Crippen LogP contribution in [0.1, 0.15) is 11.4 Å². The van der Waals surface area contributed by atoms with Crippen LogP contribution in [0.5, 0.6) is 11.8 Å². The van der Waals surface area contributed by atoms with E-state index in [2.05, 4.69) is 24.9 Å². The van der Waals surface area contributed by atoms with Gasteiger partial charge in [0.15, 0.2) is 0 Å². The first-order valence-corrected chi connectivity index (χ1v) is 7.37. The van der Waals surface area contributed by atoms with Crippen molar-refractivity contribution in [2.45, 2.75) is 18.7 Å². The van der Waals surface area contributed by atoms with E-state index in [1.165, 1.54) is 20.3 Å². The lowest BCUT2D eigenvalue weighted by molar-refractivity contribution is 0.373. The maximum atomic E-state index is 12.4. The van der Waals surface area contributed by atoms with Crippen molar-refractivity contribution < 1.29 is 17.9 Å². The minimum atomic E-state index is -3.86. The van der Waals surface area contributed by atoms with Crippen LogP contribution in [-0.2, 0) is 10.0 Å². The second-order valence-corrected chi connectivity index (χ2v) is 5.76. The largest absolute Gasteiger partial charge is 0.481 e. The smallest absolute Gasteiger partial charge is 0.267 e. The molecule has 2 N–H and O–H groups in total. The quantitative estimate of drug-likeness (QED) is 0.831. The zero-order valence-corrected chi connectivity index (χ0v) is 12.8. The Morgan fingerprint density at radius 1 is 1.14 bits per heavy atom. The maximum absolute atomic E-state index is 12.4. The minimum Gasteiger partial charge on any atom is -0.481 e. The first kappa shape index (κ1) is 15.0. The number of ether oxygens (including phenoxy) is 2. The van der Waals surface area contributed by atoms with Crippen LogP contribution in [0, 0.1) is 13.8 Å². The Hall–Kier alpha value is -2.36. The molecule has 9 nitrogen and oxygen atoms in total. The summed E-state index contributed by atoms with van der Waals surface area (Å²) in [6, 6.07) is 1.44. The summed E-state index contributed by atoms with van der Waals surface area (Å²) in [5, 5.41) is 6.47. The van der Waals surface area contributed by atoms with Crippen molar-refractivity contribution in [3.05, 3.63) is 17.5 Å². The number of H-pyrrole nitrogens is 1. The molecular weight excluding hydrogens is 298 g/mol. The van der Waals surface area contributed by atoms with Crippen LogP contribution in [0.25, 0.3) is 0 Å². The molecule has 0 saturated carbocycles. The van der Waals surface area contributed by atoms with E-state index in [4.69, 9.17) is 9.47 Å². The molecular formula is C11H15N5O4S. The molecule has 0 unspecified atom stereocenters. The van der Waals surface area contributed by atoms with Crippen LogP contribution >= 0.6 is 0 Å². The predicted octanol–water partition coefficient (Wildman–Crippen LogP) is 0.635. The number of nitrogens with zero attached hydrogens (tertiary/aromatic N) is 3. The van der Waals surface area contributed by atoms with Gasteiger partial charge < -0.3 is 9.47 Å². The molecule has 2 aromatic rings. The van der Waals surface area contributed by atoms with Gasteiger partial charge in [-0.1, -0.05) is 0 Å². The highest BCUT2D eigenvalue weighted by Crippen LogP contribution is 2.22. The molecule has 0 saturated heterocycles. The molecule has 0 aliphatic rings. The van der Waals surface area contributed by atoms with Crippen molar-refractivity contribution in [1.29, 1.82) is 0 Å². The molecule has 0 aromatic carbocycles. The Bertz CT molecular complexity index is 714. The molecule has 114 valence electrons. The molecule has 2 rings (SSSR count). The van der Waals surface area contributed by atoms with Gasteiger partial charge in [-0.25, -0.2) is 13.1 Å². The standard InChI is InChI=1S/C11H15N5O4S/c1-6-10(7(2)15-14-6)21(17,18)16-11-12-8(19-3)5-9(13-11)20-4/h5H,1-4H3,(H,14,15)(H,12,13,16). The van der Waals surface area contributed by atoms with Crippen LogP contribution < -0.4 is 14.2 Å². The third kappa shape index (κ3) is 3.05. The van der Waals surface area contributed by atoms with Crippen molar-refractivity contribution in [3.63, 3.8) is 0 Å². The first-order chi connectivity index (χ1) is 9.87. The highest BCUT2D eigenvalue weighted by Gasteiger charge is 2.23. The van der Waals surface area contributed by atoms with E-state index in [9.17, 15) is 8.42 Å². The van der Waals surface area contributed by atoms with Gasteiger partial charge in [0.25, 0.3) is 10.0 Å². The number of anilines is 1. The Kier molecular flexibility index (Phi) is 3.98. The lowest BCUT2D eigenvalue weighted by Crippen LogP contribution is -2.17. The van der Waals surface area contributed by atoms with Crippen molar-refractivity contribution in [2.75, 3.05) is 18.9 Å². The summed E-state index contributed by atoms with van der Waals surface area (Å²) in [6.07, 6.45) is 0. The Labute approximate surface area is 121 Å². The molecule has 0 amide bonds. The molecule has 0 radical (unpaired) electrons. The van der Waals surface area contributed by atoms with Crippen LogP contribution in [0.15, 0.2) is 11.0 Å². The van der Waals surface area contributed by atoms with Crippen molar-refractivity contribution in [1.82, 2.24) is 20.2 Å². The zero-order chi connectivity index (χ0) is 15.6. The summed E-state index contributed by atoms with van der Waals surface area (Å²) >= 11 is 0. The summed E-state index contributed by atoms with van der Waals surface area (Å²) < 4.78 is 37.0. The Morgan fingerprint density at radius 3 is 2.14 bits per heavy atom. The second-order valence-electron chi connectivity index (χ2n) is 4.14. The SMILES string of the molecule is COc1cc(OC)nc(NS(=O)(=O)c2c(C)n[nH]c2C)n1. The molecule has 0 spiro atoms. The fourth-order valence-corrected chi connectivity index (χ4v) is 3.08. The second kappa shape index (κ2) is 5.56. The van der Waals surface area contributed by atoms with Gasteiger partial charge in [0.1, 0.15) is 4.90 Å². The predicted molar refractivity (Wildman–Crippen MR) is 74.0 cm³/mol. The highest BCUT2D eigenvalue weighted by molar-refractivity contribution is 7.92. The maximum Gasteiger partial charge on any atom is 0.267 e. The van der Waals surface area contributed by atoms with E-state index in [0.717, 1.165) is 0 Å². The number of sulfonamides is 1. The number of nitrogens with one attached hydrogen (secondary N) is 2. The van der Waals surface area contributed by atoms with E-state index in [-0.39, 0.29) is 22.6 Å². The molecule has 0 aliphatic carbocycles. The van der Waals surface area contributed by atoms with E-state index in [1.54, 1.807) is 13.8 Å². The summed E-state index contributed by atoms with van der Waals surface area (Å²) in [6.45, 7) is 3.20. The first-order valence-electron chi connectivity index (χ1n) is 5.89. The van der Waals surface area contributed by atoms with Crippen LogP contribution in [0.2, 0.25) is 0 Å². The summed E-state index contributed by atoms with van der Waals surface area (Å²) in [5.41, 5.74) is 0.782. The Morgan fingerprint density at radius 2 is 1.71 bits per heavy atom. The molecule has 0 bridgehead atoms. The monoisotopic (exact) mass is 313 g/mol. The number of rotatable bonds is 5. The lowest BCUT2D eigenvalue weighted by atomic mass is 10.4. The van der Waals surface area contributed by atoms with Crippen LogP contribution in [-0.4, -0.2) is 42.8 Å². The number of aromatic amines is 1. The molecule has 2 aromatic heterocycles. The number of aryl methyl sites for hydroxylation is 2. The number of aromatic nitrogens is 4. The molecule has 0 fully saturated rings. The van der Waals surface area contributed by atoms with E-state index in [1.807, 2.05) is 0 Å². The summed E-state index contributed by atoms with van der Waals surface area (Å²) in [7, 11) is -1.05. The molecule has 0 atom stereocenters. The molecule has 0 aliphatic heterocycles. The van der Waals surface area contributed by atoms with Gasteiger partial charge in [0, 0.05) is 0 Å². The van der Waals surface area contributed by atoms with Gasteiger partial charge in [-0.15, -0.1) is 0 Å². The van der Waals surface area contributed by atoms with E-state index in [0.29, 0.717) is 11.4 Å². The zero-order valence-electron chi connectivity index (χ0n) is 12.0. The number of hydrogen-bond acceptors (Lipinski definition) is 7. The average molecular weight is 313 g/mol. The fourth-order valence-electron chi connectivity index (χ4n) is 1.77. The third-order valence-corrected chi connectivity index (χ3v) is 4.24. The van der Waals surface area contributed by atoms with Crippen LogP contribution in [0.3, 0.4) is 0 Å². The van der Waals surface area contributed by atoms with E-state index >= 15 is 0 Å². The Balaban J connectivity index is 2.41. The van der Waals surface area contributed by atoms with Crippen molar-refractivity contribution >= 4 is 16.0 Å². The lowest BCUT2D eigenvalue weighted by Gasteiger charge is -2.09. The van der Waals surface area contributed by atoms with Gasteiger partial charge in [0.05, 0.1) is 31.7 Å². The van der Waals surface area contributed by atoms with Gasteiger partial charge in [-0.3, -0.25) is 5.10 Å². The molecule has 10 heteroatoms. The van der Waals surface area contributed by atoms with Gasteiger partial charge in [-0.2, -0.15) is 15.1 Å². The van der Waals surface area contributed by atoms with Gasteiger partial charge in [-0.05, 0) is 13.8 Å². The molecule has 21 heavy (non-hydrogen) atoms. The highest BCUT2D eigenvalue weighted by atomic mass is 32.2. The normalized spacial score (nSPS) is 11.2. The van der Waals surface area contributed by atoms with Crippen LogP contribution in [0.4, 0.5) is 5.95 Å². The fraction of sp³-hybridized carbons (Fsp3) is 0.364. The van der Waals surface area contributed by atoms with Gasteiger partial charge >= 0.3 is 0 Å². The molecule has 2 heterocycles. The number of hydrogen-bond donors (Lipinski definition) is 2. The van der Waals surface area contributed by atoms with Crippen molar-refractivity contribution in [2.24, 2.45) is 0 Å². The topological polar surface area (TPSA) is 119 Å². The van der Waals surface area contributed by atoms with Crippen molar-refractivity contribution in [3.8, 4) is 11.8 Å². The number of methoxy groups -OCH3 is 2. The summed E-state index contributed by atoms with van der Waals surface area (Å²) in [4.78, 5) is 7.90. The summed E-state index contributed by atoms with van der Waals surface area (Å²) in [5.74, 6) is 0.214. The average Bonchev–Trinajstić information content (AvgIpc) is 2.77. The third-order valence-electron chi connectivity index (χ3n) is 2.65. The van der Waals surface area contributed by atoms with Gasteiger partial charge in [0.2, 0.25) is 17.7 Å².